The predicted octanol–water partition coefficient (Wildman–Crippen LogP) is 8.20. The molecule has 0 saturated carbocycles. The Morgan fingerprint density at radius 3 is 1.16 bits per heavy atom. The summed E-state index contributed by atoms with van der Waals surface area (Å²) in [6.07, 6.45) is 13.0. The van der Waals surface area contributed by atoms with Gasteiger partial charge >= 0.3 is 195 Å². The van der Waals surface area contributed by atoms with E-state index in [1.165, 1.54) is 67.3 Å². The third kappa shape index (κ3) is 5.60. The molecule has 0 fully saturated rings. The standard InChI is InChI=1S/C29H38ClP/c1-2-3-4-5-6-7-8-9-19-26-31(30,27-20-13-10-14-21-27,28-22-15-11-16-23-28)29-24-17-12-18-25-29/h10-18,20-25H,2-9,19,26H2,1H3. The van der Waals surface area contributed by atoms with E-state index in [4.69, 9.17) is 11.2 Å². The second-order valence-electron chi connectivity index (χ2n) is 8.74. The molecule has 3 rings (SSSR count). The van der Waals surface area contributed by atoms with Crippen molar-refractivity contribution in [3.8, 4) is 0 Å². The third-order valence-corrected chi connectivity index (χ3v) is 14.1. The van der Waals surface area contributed by atoms with Gasteiger partial charge in [-0.2, -0.15) is 0 Å². The van der Waals surface area contributed by atoms with Gasteiger partial charge in [-0.15, -0.1) is 0 Å². The van der Waals surface area contributed by atoms with E-state index in [0.717, 1.165) is 12.6 Å². The molecule has 0 aromatic heterocycles. The molecule has 0 nitrogen and oxygen atoms in total. The molecule has 0 saturated heterocycles. The first-order valence-electron chi connectivity index (χ1n) is 12.1. The quantitative estimate of drug-likeness (QED) is 0.181. The number of benzene rings is 3. The van der Waals surface area contributed by atoms with Crippen LogP contribution in [0, 0.1) is 0 Å². The molecular formula is C29H38ClP. The van der Waals surface area contributed by atoms with Gasteiger partial charge in [0.15, 0.2) is 0 Å². The van der Waals surface area contributed by atoms with E-state index < -0.39 is 5.96 Å². The molecule has 166 valence electrons. The van der Waals surface area contributed by atoms with Gasteiger partial charge < -0.3 is 0 Å². The molecule has 0 N–H and O–H groups in total. The van der Waals surface area contributed by atoms with Crippen LogP contribution in [0.15, 0.2) is 91.0 Å². The molecule has 0 aliphatic carbocycles. The van der Waals surface area contributed by atoms with Crippen molar-refractivity contribution in [2.45, 2.75) is 64.7 Å². The van der Waals surface area contributed by atoms with Crippen LogP contribution >= 0.6 is 17.2 Å². The molecule has 0 spiro atoms. The van der Waals surface area contributed by atoms with E-state index >= 15 is 0 Å². The van der Waals surface area contributed by atoms with Crippen molar-refractivity contribution >= 4 is 33.1 Å². The first kappa shape index (κ1) is 24.0. The van der Waals surface area contributed by atoms with Crippen LogP contribution in [-0.2, 0) is 0 Å². The Labute approximate surface area is 194 Å². The van der Waals surface area contributed by atoms with Gasteiger partial charge in [0.05, 0.1) is 0 Å². The molecule has 3 aromatic carbocycles. The maximum atomic E-state index is 8.10. The summed E-state index contributed by atoms with van der Waals surface area (Å²) >= 11 is 8.10. The molecule has 0 atom stereocenters. The summed E-state index contributed by atoms with van der Waals surface area (Å²) in [7, 11) is 0. The van der Waals surface area contributed by atoms with Crippen LogP contribution < -0.4 is 15.9 Å². The van der Waals surface area contributed by atoms with Crippen LogP contribution in [0.2, 0.25) is 0 Å². The topological polar surface area (TPSA) is 0 Å². The minimum absolute atomic E-state index is 1.01. The molecule has 0 amide bonds. The van der Waals surface area contributed by atoms with Crippen LogP contribution in [0.4, 0.5) is 0 Å². The van der Waals surface area contributed by atoms with Crippen molar-refractivity contribution in [1.82, 2.24) is 0 Å². The zero-order chi connectivity index (χ0) is 21.9. The number of hydrogen-bond acceptors (Lipinski definition) is 0. The van der Waals surface area contributed by atoms with Crippen LogP contribution in [0.1, 0.15) is 64.7 Å². The van der Waals surface area contributed by atoms with E-state index in [1.807, 2.05) is 0 Å². The van der Waals surface area contributed by atoms with Crippen molar-refractivity contribution in [1.29, 1.82) is 0 Å². The van der Waals surface area contributed by atoms with E-state index in [-0.39, 0.29) is 0 Å². The summed E-state index contributed by atoms with van der Waals surface area (Å²) in [4.78, 5) is 0. The van der Waals surface area contributed by atoms with Crippen molar-refractivity contribution < 1.29 is 0 Å². The molecular weight excluding hydrogens is 415 g/mol. The second-order valence-corrected chi connectivity index (χ2v) is 15.3. The van der Waals surface area contributed by atoms with Gasteiger partial charge in [0, 0.05) is 0 Å². The Morgan fingerprint density at radius 1 is 0.484 bits per heavy atom. The van der Waals surface area contributed by atoms with E-state index in [9.17, 15) is 0 Å². The molecule has 2 heteroatoms. The molecule has 0 aliphatic rings. The van der Waals surface area contributed by atoms with E-state index in [1.54, 1.807) is 0 Å². The van der Waals surface area contributed by atoms with Crippen molar-refractivity contribution in [2.75, 3.05) is 6.16 Å². The fourth-order valence-electron chi connectivity index (χ4n) is 4.77. The average molecular weight is 453 g/mol. The summed E-state index contributed by atoms with van der Waals surface area (Å²) < 4.78 is 0. The Balaban J connectivity index is 1.85. The zero-order valence-corrected chi connectivity index (χ0v) is 20.7. The summed E-state index contributed by atoms with van der Waals surface area (Å²) in [5, 5.41) is 3.85. The first-order chi connectivity index (χ1) is 15.2. The summed E-state index contributed by atoms with van der Waals surface area (Å²) in [5.74, 6) is -3.05. The Hall–Kier alpha value is -1.62. The maximum absolute atomic E-state index is 8.10. The van der Waals surface area contributed by atoms with E-state index in [0.29, 0.717) is 0 Å². The molecule has 0 bridgehead atoms. The molecule has 3 aromatic rings. The number of unbranched alkanes of at least 4 members (excludes halogenated alkanes) is 8. The number of halogens is 1. The summed E-state index contributed by atoms with van der Waals surface area (Å²) in [6.45, 7) is 2.28. The molecule has 31 heavy (non-hydrogen) atoms. The van der Waals surface area contributed by atoms with Crippen molar-refractivity contribution in [3.05, 3.63) is 91.0 Å². The van der Waals surface area contributed by atoms with Gasteiger partial charge in [0.1, 0.15) is 0 Å². The van der Waals surface area contributed by atoms with Crippen LogP contribution in [0.3, 0.4) is 0 Å². The zero-order valence-electron chi connectivity index (χ0n) is 19.1. The molecule has 0 radical (unpaired) electrons. The molecule has 0 unspecified atom stereocenters. The fraction of sp³-hybridized carbons (Fsp3) is 0.379. The summed E-state index contributed by atoms with van der Waals surface area (Å²) in [6, 6.07) is 32.6. The van der Waals surface area contributed by atoms with Gasteiger partial charge in [-0.3, -0.25) is 0 Å². The third-order valence-electron chi connectivity index (χ3n) is 6.57. The Kier molecular flexibility index (Phi) is 9.18. The van der Waals surface area contributed by atoms with Gasteiger partial charge in [-0.1, -0.05) is 0 Å². The Morgan fingerprint density at radius 2 is 0.806 bits per heavy atom. The number of hydrogen-bond donors (Lipinski definition) is 0. The monoisotopic (exact) mass is 452 g/mol. The van der Waals surface area contributed by atoms with Gasteiger partial charge in [0.2, 0.25) is 0 Å². The second kappa shape index (κ2) is 11.8. The molecule has 0 aliphatic heterocycles. The fourth-order valence-corrected chi connectivity index (χ4v) is 11.0. The van der Waals surface area contributed by atoms with Crippen LogP contribution in [0.25, 0.3) is 0 Å². The van der Waals surface area contributed by atoms with Gasteiger partial charge in [0.25, 0.3) is 0 Å². The van der Waals surface area contributed by atoms with Gasteiger partial charge in [-0.05, 0) is 0 Å². The summed E-state index contributed by atoms with van der Waals surface area (Å²) in [5.41, 5.74) is 0. The molecule has 0 heterocycles. The normalized spacial score (nSPS) is 12.9. The van der Waals surface area contributed by atoms with Crippen molar-refractivity contribution in [2.24, 2.45) is 0 Å². The van der Waals surface area contributed by atoms with Gasteiger partial charge in [-0.25, -0.2) is 0 Å². The SMILES string of the molecule is CCCCCCCCCCCP(Cl)(c1ccccc1)(c1ccccc1)c1ccccc1. The van der Waals surface area contributed by atoms with Crippen LogP contribution in [0.5, 0.6) is 0 Å². The number of rotatable bonds is 13. The Bertz CT molecular complexity index is 777. The van der Waals surface area contributed by atoms with Crippen molar-refractivity contribution in [3.63, 3.8) is 0 Å². The predicted molar refractivity (Wildman–Crippen MR) is 143 cm³/mol. The minimum atomic E-state index is -3.05. The van der Waals surface area contributed by atoms with E-state index in [2.05, 4.69) is 97.9 Å². The average Bonchev–Trinajstić information content (AvgIpc) is 2.84. The van der Waals surface area contributed by atoms with Crippen LogP contribution in [-0.4, -0.2) is 6.16 Å². The first-order valence-corrected chi connectivity index (χ1v) is 15.4.